The molecule has 0 unspecified atom stereocenters. The third kappa shape index (κ3) is 3.40. The SMILES string of the molecule is Cc1ccc2c(N3CCCc4ccccc43)c3ccccc3c(C3=CC4=C(CC3)C(C)(C)C3=C4CCC=C3)c2c1. The second-order valence-corrected chi connectivity index (χ2v) is 12.7. The summed E-state index contributed by atoms with van der Waals surface area (Å²) in [6, 6.07) is 25.4. The summed E-state index contributed by atoms with van der Waals surface area (Å²) >= 11 is 0. The zero-order valence-electron chi connectivity index (χ0n) is 24.0. The number of fused-ring (bicyclic) bond motifs is 4. The molecular formula is C39H37N. The fraction of sp³-hybridized carbons (Fsp3) is 0.282. The molecule has 0 radical (unpaired) electrons. The van der Waals surface area contributed by atoms with Gasteiger partial charge in [0.05, 0.1) is 5.69 Å². The summed E-state index contributed by atoms with van der Waals surface area (Å²) in [4.78, 5) is 2.61. The molecule has 40 heavy (non-hydrogen) atoms. The molecule has 4 aromatic rings. The molecule has 1 heterocycles. The second kappa shape index (κ2) is 8.83. The minimum absolute atomic E-state index is 0.149. The number of aryl methyl sites for hydroxylation is 2. The summed E-state index contributed by atoms with van der Waals surface area (Å²) in [6.07, 6.45) is 14.3. The van der Waals surface area contributed by atoms with Crippen LogP contribution in [-0.4, -0.2) is 6.54 Å². The van der Waals surface area contributed by atoms with Gasteiger partial charge in [-0.25, -0.2) is 0 Å². The Morgan fingerprint density at radius 2 is 1.57 bits per heavy atom. The van der Waals surface area contributed by atoms with Crippen molar-refractivity contribution in [3.05, 3.63) is 124 Å². The van der Waals surface area contributed by atoms with Crippen LogP contribution < -0.4 is 4.90 Å². The van der Waals surface area contributed by atoms with Crippen LogP contribution in [0.1, 0.15) is 62.6 Å². The van der Waals surface area contributed by atoms with E-state index in [1.807, 2.05) is 0 Å². The summed E-state index contributed by atoms with van der Waals surface area (Å²) in [7, 11) is 0. The van der Waals surface area contributed by atoms with Crippen molar-refractivity contribution in [2.45, 2.75) is 59.3 Å². The Morgan fingerprint density at radius 3 is 2.48 bits per heavy atom. The lowest BCUT2D eigenvalue weighted by atomic mass is 9.75. The number of allylic oxidation sites excluding steroid dienone is 8. The lowest BCUT2D eigenvalue weighted by Gasteiger charge is -2.34. The highest BCUT2D eigenvalue weighted by atomic mass is 15.1. The van der Waals surface area contributed by atoms with Gasteiger partial charge in [0.25, 0.3) is 0 Å². The molecule has 4 aliphatic rings. The van der Waals surface area contributed by atoms with Crippen LogP contribution in [0.15, 0.2) is 107 Å². The van der Waals surface area contributed by atoms with Crippen molar-refractivity contribution in [2.75, 3.05) is 11.4 Å². The molecule has 1 aliphatic heterocycles. The summed E-state index contributed by atoms with van der Waals surface area (Å²) in [6.45, 7) is 8.19. The maximum absolute atomic E-state index is 2.61. The van der Waals surface area contributed by atoms with Crippen LogP contribution in [0.2, 0.25) is 0 Å². The van der Waals surface area contributed by atoms with Gasteiger partial charge in [-0.2, -0.15) is 0 Å². The monoisotopic (exact) mass is 519 g/mol. The van der Waals surface area contributed by atoms with Crippen LogP contribution in [0, 0.1) is 12.3 Å². The molecule has 4 aromatic carbocycles. The van der Waals surface area contributed by atoms with E-state index in [1.54, 1.807) is 22.3 Å². The van der Waals surface area contributed by atoms with E-state index in [4.69, 9.17) is 0 Å². The lowest BCUT2D eigenvalue weighted by Crippen LogP contribution is -2.25. The second-order valence-electron chi connectivity index (χ2n) is 12.7. The van der Waals surface area contributed by atoms with E-state index in [9.17, 15) is 0 Å². The molecule has 0 aromatic heterocycles. The number of nitrogens with zero attached hydrogens (tertiary/aromatic N) is 1. The van der Waals surface area contributed by atoms with Crippen molar-refractivity contribution >= 4 is 38.5 Å². The van der Waals surface area contributed by atoms with Crippen molar-refractivity contribution < 1.29 is 0 Å². The Bertz CT molecular complexity index is 1860. The van der Waals surface area contributed by atoms with Gasteiger partial charge in [0.1, 0.15) is 0 Å². The van der Waals surface area contributed by atoms with Gasteiger partial charge < -0.3 is 4.90 Å². The summed E-state index contributed by atoms with van der Waals surface area (Å²) in [5.41, 5.74) is 15.0. The number of anilines is 2. The van der Waals surface area contributed by atoms with Crippen molar-refractivity contribution in [1.29, 1.82) is 0 Å². The van der Waals surface area contributed by atoms with E-state index in [2.05, 4.69) is 111 Å². The van der Waals surface area contributed by atoms with Crippen molar-refractivity contribution in [3.63, 3.8) is 0 Å². The normalized spacial score (nSPS) is 19.7. The predicted octanol–water partition coefficient (Wildman–Crippen LogP) is 10.5. The van der Waals surface area contributed by atoms with E-state index in [-0.39, 0.29) is 5.41 Å². The summed E-state index contributed by atoms with van der Waals surface area (Å²) < 4.78 is 0. The lowest BCUT2D eigenvalue weighted by molar-refractivity contribution is 0.534. The predicted molar refractivity (Wildman–Crippen MR) is 171 cm³/mol. The van der Waals surface area contributed by atoms with Crippen LogP contribution in [0.4, 0.5) is 11.4 Å². The molecule has 0 fully saturated rings. The van der Waals surface area contributed by atoms with E-state index < -0.39 is 0 Å². The third-order valence-electron chi connectivity index (χ3n) is 10.1. The smallest absolute Gasteiger partial charge is 0.0570 e. The minimum Gasteiger partial charge on any atom is -0.340 e. The van der Waals surface area contributed by atoms with E-state index >= 15 is 0 Å². The molecule has 8 rings (SSSR count). The highest BCUT2D eigenvalue weighted by Gasteiger charge is 2.40. The van der Waals surface area contributed by atoms with Crippen LogP contribution >= 0.6 is 0 Å². The van der Waals surface area contributed by atoms with Crippen LogP contribution in [0.3, 0.4) is 0 Å². The molecule has 0 spiro atoms. The molecule has 1 nitrogen and oxygen atoms in total. The number of hydrogen-bond acceptors (Lipinski definition) is 1. The van der Waals surface area contributed by atoms with Gasteiger partial charge in [-0.15, -0.1) is 0 Å². The number of benzene rings is 4. The first-order valence-corrected chi connectivity index (χ1v) is 15.2. The van der Waals surface area contributed by atoms with E-state index in [0.717, 1.165) is 32.2 Å². The van der Waals surface area contributed by atoms with Gasteiger partial charge >= 0.3 is 0 Å². The maximum atomic E-state index is 2.61. The van der Waals surface area contributed by atoms with Gasteiger partial charge in [-0.1, -0.05) is 104 Å². The Morgan fingerprint density at radius 1 is 0.775 bits per heavy atom. The van der Waals surface area contributed by atoms with Gasteiger partial charge in [-0.05, 0) is 95.7 Å². The Kier molecular flexibility index (Phi) is 5.30. The fourth-order valence-corrected chi connectivity index (χ4v) is 8.21. The molecular weight excluding hydrogens is 482 g/mol. The topological polar surface area (TPSA) is 3.24 Å². The number of hydrogen-bond donors (Lipinski definition) is 0. The summed E-state index contributed by atoms with van der Waals surface area (Å²) in [5.74, 6) is 0. The number of para-hydroxylation sites is 1. The molecule has 0 bridgehead atoms. The van der Waals surface area contributed by atoms with E-state index in [1.165, 1.54) is 68.0 Å². The van der Waals surface area contributed by atoms with Gasteiger partial charge in [0, 0.05) is 28.4 Å². The first-order valence-electron chi connectivity index (χ1n) is 15.2. The van der Waals surface area contributed by atoms with Gasteiger partial charge in [0.2, 0.25) is 0 Å². The number of rotatable bonds is 2. The molecule has 198 valence electrons. The maximum Gasteiger partial charge on any atom is 0.0570 e. The van der Waals surface area contributed by atoms with Crippen LogP contribution in [0.5, 0.6) is 0 Å². The highest BCUT2D eigenvalue weighted by molar-refractivity contribution is 6.19. The molecule has 0 amide bonds. The van der Waals surface area contributed by atoms with E-state index in [0.29, 0.717) is 0 Å². The van der Waals surface area contributed by atoms with Crippen molar-refractivity contribution in [1.82, 2.24) is 0 Å². The fourth-order valence-electron chi connectivity index (χ4n) is 8.21. The zero-order chi connectivity index (χ0) is 27.0. The first kappa shape index (κ1) is 24.0. The Balaban J connectivity index is 1.41. The molecule has 0 saturated heterocycles. The molecule has 0 atom stereocenters. The van der Waals surface area contributed by atoms with Gasteiger partial charge in [0.15, 0.2) is 0 Å². The minimum atomic E-state index is 0.149. The largest absolute Gasteiger partial charge is 0.340 e. The average Bonchev–Trinajstić information content (AvgIpc) is 3.21. The first-order chi connectivity index (χ1) is 19.5. The van der Waals surface area contributed by atoms with Gasteiger partial charge in [-0.3, -0.25) is 0 Å². The third-order valence-corrected chi connectivity index (χ3v) is 10.1. The quantitative estimate of drug-likeness (QED) is 0.238. The molecule has 0 N–H and O–H groups in total. The van der Waals surface area contributed by atoms with Crippen LogP contribution in [0.25, 0.3) is 27.1 Å². The van der Waals surface area contributed by atoms with Crippen LogP contribution in [-0.2, 0) is 6.42 Å². The molecule has 1 heteroatoms. The molecule has 3 aliphatic carbocycles. The average molecular weight is 520 g/mol. The highest BCUT2D eigenvalue weighted by Crippen LogP contribution is 2.56. The zero-order valence-corrected chi connectivity index (χ0v) is 24.0. The Hall–Kier alpha value is -3.84. The summed E-state index contributed by atoms with van der Waals surface area (Å²) in [5, 5.41) is 5.55. The van der Waals surface area contributed by atoms with Crippen molar-refractivity contribution in [3.8, 4) is 0 Å². The molecule has 0 saturated carbocycles. The standard InChI is InChI=1S/C39H37N/c1-25-18-20-31-33(23-25)37(27-19-21-35-32(24-27)28-13-7-8-16-34(28)39(35,2)3)29-14-5-6-15-30(29)38(31)40-22-10-12-26-11-4-9-17-36(26)40/h4-6,8-9,11,14-18,20,23-24H,7,10,12-13,19,21-22H2,1-3H3. The van der Waals surface area contributed by atoms with Crippen molar-refractivity contribution in [2.24, 2.45) is 5.41 Å². The Labute approximate surface area is 238 Å².